The molecule has 2 aromatic rings. The van der Waals surface area contributed by atoms with Gasteiger partial charge in [0.2, 0.25) is 0 Å². The second kappa shape index (κ2) is 6.65. The fourth-order valence-corrected chi connectivity index (χ4v) is 3.21. The number of benzene rings is 1. The third kappa shape index (κ3) is 3.24. The number of methoxy groups -OCH3 is 1. The molecule has 0 saturated carbocycles. The summed E-state index contributed by atoms with van der Waals surface area (Å²) in [5.74, 6) is 1.68. The summed E-state index contributed by atoms with van der Waals surface area (Å²) in [6, 6.07) is 12.1. The van der Waals surface area contributed by atoms with Gasteiger partial charge in [-0.15, -0.1) is 0 Å². The normalized spacial score (nSPS) is 20.8. The van der Waals surface area contributed by atoms with Crippen molar-refractivity contribution in [2.45, 2.75) is 38.0 Å². The van der Waals surface area contributed by atoms with E-state index >= 15 is 0 Å². The van der Waals surface area contributed by atoms with Crippen molar-refractivity contribution in [3.63, 3.8) is 0 Å². The lowest BCUT2D eigenvalue weighted by Gasteiger charge is -2.34. The minimum absolute atomic E-state index is 0.483. The molecule has 1 aromatic heterocycles. The Morgan fingerprint density at radius 1 is 1.23 bits per heavy atom. The van der Waals surface area contributed by atoms with Gasteiger partial charge in [0.15, 0.2) is 0 Å². The van der Waals surface area contributed by atoms with E-state index in [9.17, 15) is 5.11 Å². The first-order valence-corrected chi connectivity index (χ1v) is 7.79. The molecule has 2 N–H and O–H groups in total. The average molecular weight is 301 g/mol. The molecule has 1 aliphatic carbocycles. The number of aryl methyl sites for hydroxylation is 1. The van der Waals surface area contributed by atoms with Crippen molar-refractivity contribution < 1.29 is 14.3 Å². The molecule has 0 saturated heterocycles. The number of aliphatic hydroxyl groups is 1. The maximum Gasteiger partial charge on any atom is 0.129 e. The lowest BCUT2D eigenvalue weighted by Crippen LogP contribution is -2.40. The summed E-state index contributed by atoms with van der Waals surface area (Å²) in [7, 11) is 1.65. The zero-order valence-electron chi connectivity index (χ0n) is 13.0. The summed E-state index contributed by atoms with van der Waals surface area (Å²) in [6.07, 6.45) is 2.87. The monoisotopic (exact) mass is 301 g/mol. The van der Waals surface area contributed by atoms with Gasteiger partial charge in [0, 0.05) is 13.7 Å². The predicted molar refractivity (Wildman–Crippen MR) is 84.4 cm³/mol. The van der Waals surface area contributed by atoms with Crippen LogP contribution >= 0.6 is 0 Å². The molecule has 4 nitrogen and oxygen atoms in total. The zero-order chi connectivity index (χ0) is 15.4. The number of hydrogen-bond donors (Lipinski definition) is 2. The highest BCUT2D eigenvalue weighted by Gasteiger charge is 2.33. The maximum atomic E-state index is 11.0. The Kier molecular flexibility index (Phi) is 4.62. The predicted octanol–water partition coefficient (Wildman–Crippen LogP) is 2.74. The van der Waals surface area contributed by atoms with Gasteiger partial charge in [-0.1, -0.05) is 24.3 Å². The molecule has 0 amide bonds. The van der Waals surface area contributed by atoms with E-state index in [-0.39, 0.29) is 0 Å². The number of furan rings is 1. The minimum atomic E-state index is -0.781. The van der Waals surface area contributed by atoms with Crippen molar-refractivity contribution in [3.05, 3.63) is 59.0 Å². The summed E-state index contributed by atoms with van der Waals surface area (Å²) >= 11 is 0. The van der Waals surface area contributed by atoms with Crippen molar-refractivity contribution >= 4 is 0 Å². The van der Waals surface area contributed by atoms with Gasteiger partial charge in [0.05, 0.1) is 6.54 Å². The van der Waals surface area contributed by atoms with Gasteiger partial charge in [-0.05, 0) is 42.5 Å². The number of ether oxygens (including phenoxy) is 1. The first-order chi connectivity index (χ1) is 10.7. The Labute approximate surface area is 131 Å². The van der Waals surface area contributed by atoms with Crippen LogP contribution in [0.3, 0.4) is 0 Å². The van der Waals surface area contributed by atoms with E-state index in [0.717, 1.165) is 36.3 Å². The molecule has 0 radical (unpaired) electrons. The topological polar surface area (TPSA) is 54.6 Å². The highest BCUT2D eigenvalue weighted by atomic mass is 16.5. The maximum absolute atomic E-state index is 11.0. The molecule has 3 rings (SSSR count). The van der Waals surface area contributed by atoms with Crippen LogP contribution in [-0.4, -0.2) is 18.8 Å². The molecule has 0 bridgehead atoms. The fourth-order valence-electron chi connectivity index (χ4n) is 3.21. The highest BCUT2D eigenvalue weighted by molar-refractivity contribution is 5.35. The summed E-state index contributed by atoms with van der Waals surface area (Å²) in [5.41, 5.74) is 1.54. The van der Waals surface area contributed by atoms with Gasteiger partial charge in [-0.3, -0.25) is 0 Å². The smallest absolute Gasteiger partial charge is 0.129 e. The van der Waals surface area contributed by atoms with Gasteiger partial charge in [0.25, 0.3) is 0 Å². The van der Waals surface area contributed by atoms with E-state index in [4.69, 9.17) is 9.15 Å². The molecule has 1 atom stereocenters. The SMILES string of the molecule is COCc1ccc(CNCC2(O)CCCc3ccccc32)o1. The number of hydrogen-bond acceptors (Lipinski definition) is 4. The third-order valence-corrected chi connectivity index (χ3v) is 4.28. The summed E-state index contributed by atoms with van der Waals surface area (Å²) in [6.45, 7) is 1.62. The molecule has 0 spiro atoms. The Morgan fingerprint density at radius 2 is 2.05 bits per heavy atom. The first-order valence-electron chi connectivity index (χ1n) is 7.79. The summed E-state index contributed by atoms with van der Waals surface area (Å²) in [5, 5.41) is 14.3. The molecule has 1 heterocycles. The van der Waals surface area contributed by atoms with Crippen LogP contribution in [-0.2, 0) is 29.9 Å². The van der Waals surface area contributed by atoms with Gasteiger partial charge < -0.3 is 19.6 Å². The van der Waals surface area contributed by atoms with Crippen LogP contribution in [0.15, 0.2) is 40.8 Å². The van der Waals surface area contributed by atoms with E-state index in [2.05, 4.69) is 11.4 Å². The van der Waals surface area contributed by atoms with Crippen LogP contribution in [0.4, 0.5) is 0 Å². The van der Waals surface area contributed by atoms with Gasteiger partial charge in [-0.25, -0.2) is 0 Å². The second-order valence-electron chi connectivity index (χ2n) is 5.95. The molecular formula is C18H23NO3. The molecule has 118 valence electrons. The largest absolute Gasteiger partial charge is 0.462 e. The summed E-state index contributed by atoms with van der Waals surface area (Å²) in [4.78, 5) is 0. The van der Waals surface area contributed by atoms with Crippen molar-refractivity contribution in [2.75, 3.05) is 13.7 Å². The standard InChI is InChI=1S/C18H23NO3/c1-21-12-16-9-8-15(22-16)11-19-13-18(20)10-4-6-14-5-2-3-7-17(14)18/h2-3,5,7-9,19-20H,4,6,10-13H2,1H3. The molecular weight excluding hydrogens is 278 g/mol. The van der Waals surface area contributed by atoms with Crippen molar-refractivity contribution in [1.82, 2.24) is 5.32 Å². The zero-order valence-corrected chi connectivity index (χ0v) is 13.0. The molecule has 4 heteroatoms. The van der Waals surface area contributed by atoms with E-state index in [1.807, 2.05) is 30.3 Å². The number of rotatable bonds is 6. The highest BCUT2D eigenvalue weighted by Crippen LogP contribution is 2.34. The molecule has 1 aliphatic rings. The average Bonchev–Trinajstić information content (AvgIpc) is 2.96. The molecule has 0 aliphatic heterocycles. The van der Waals surface area contributed by atoms with Crippen molar-refractivity contribution in [3.8, 4) is 0 Å². The number of fused-ring (bicyclic) bond motifs is 1. The molecule has 1 unspecified atom stereocenters. The van der Waals surface area contributed by atoms with Gasteiger partial charge in [-0.2, -0.15) is 0 Å². The Balaban J connectivity index is 1.61. The van der Waals surface area contributed by atoms with E-state index < -0.39 is 5.60 Å². The van der Waals surface area contributed by atoms with Crippen LogP contribution in [0.25, 0.3) is 0 Å². The van der Waals surface area contributed by atoms with Crippen LogP contribution in [0.2, 0.25) is 0 Å². The molecule has 1 aromatic carbocycles. The van der Waals surface area contributed by atoms with Gasteiger partial charge in [0.1, 0.15) is 23.7 Å². The number of nitrogens with one attached hydrogen (secondary N) is 1. The fraction of sp³-hybridized carbons (Fsp3) is 0.444. The van der Waals surface area contributed by atoms with Crippen LogP contribution < -0.4 is 5.32 Å². The van der Waals surface area contributed by atoms with Crippen molar-refractivity contribution in [1.29, 1.82) is 0 Å². The minimum Gasteiger partial charge on any atom is -0.462 e. The summed E-state index contributed by atoms with van der Waals surface area (Å²) < 4.78 is 10.7. The molecule has 22 heavy (non-hydrogen) atoms. The quantitative estimate of drug-likeness (QED) is 0.861. The van der Waals surface area contributed by atoms with Crippen LogP contribution in [0, 0.1) is 0 Å². The van der Waals surface area contributed by atoms with Crippen LogP contribution in [0.1, 0.15) is 35.5 Å². The van der Waals surface area contributed by atoms with E-state index in [0.29, 0.717) is 19.7 Å². The first kappa shape index (κ1) is 15.3. The van der Waals surface area contributed by atoms with Crippen LogP contribution in [0.5, 0.6) is 0 Å². The van der Waals surface area contributed by atoms with Gasteiger partial charge >= 0.3 is 0 Å². The second-order valence-corrected chi connectivity index (χ2v) is 5.95. The Hall–Kier alpha value is -1.62. The Bertz CT molecular complexity index is 622. The third-order valence-electron chi connectivity index (χ3n) is 4.28. The van der Waals surface area contributed by atoms with E-state index in [1.54, 1.807) is 7.11 Å². The van der Waals surface area contributed by atoms with Crippen molar-refractivity contribution in [2.24, 2.45) is 0 Å². The lowest BCUT2D eigenvalue weighted by molar-refractivity contribution is 0.0185. The lowest BCUT2D eigenvalue weighted by atomic mass is 9.79. The molecule has 0 fully saturated rings. The van der Waals surface area contributed by atoms with E-state index in [1.165, 1.54) is 5.56 Å². The Morgan fingerprint density at radius 3 is 2.91 bits per heavy atom.